The Morgan fingerprint density at radius 3 is 2.61 bits per heavy atom. The first-order chi connectivity index (χ1) is 13.2. The standard InChI is InChI=1S/C19H19F3N4OS/c1-12(2)26(11-13-10-24-17-16(13)4-3-9-23-17)18(27)25-14-5-7-15(8-6-14)28-19(20,21)22/h3-10,12H,11H2,1-2H3,(H,23,24)(H,25,27). The number of pyridine rings is 1. The molecule has 2 aromatic heterocycles. The van der Waals surface area contributed by atoms with Gasteiger partial charge in [0.25, 0.3) is 0 Å². The number of aromatic nitrogens is 2. The molecule has 0 unspecified atom stereocenters. The van der Waals surface area contributed by atoms with Crippen molar-refractivity contribution >= 4 is 34.5 Å². The molecule has 2 N–H and O–H groups in total. The Labute approximate surface area is 164 Å². The predicted octanol–water partition coefficient (Wildman–Crippen LogP) is 5.62. The van der Waals surface area contributed by atoms with Crippen molar-refractivity contribution in [1.82, 2.24) is 14.9 Å². The van der Waals surface area contributed by atoms with E-state index in [1.165, 1.54) is 24.3 Å². The van der Waals surface area contributed by atoms with Gasteiger partial charge in [-0.3, -0.25) is 0 Å². The van der Waals surface area contributed by atoms with Gasteiger partial charge >= 0.3 is 11.5 Å². The lowest BCUT2D eigenvalue weighted by Crippen LogP contribution is -2.39. The van der Waals surface area contributed by atoms with Crippen molar-refractivity contribution in [2.24, 2.45) is 0 Å². The van der Waals surface area contributed by atoms with Gasteiger partial charge in [-0.2, -0.15) is 13.2 Å². The second-order valence-electron chi connectivity index (χ2n) is 6.44. The first kappa shape index (κ1) is 20.1. The van der Waals surface area contributed by atoms with Crippen LogP contribution in [-0.2, 0) is 6.54 Å². The van der Waals surface area contributed by atoms with Crippen molar-refractivity contribution in [1.29, 1.82) is 0 Å². The van der Waals surface area contributed by atoms with Crippen molar-refractivity contribution < 1.29 is 18.0 Å². The molecule has 0 aliphatic heterocycles. The Morgan fingerprint density at radius 1 is 1.25 bits per heavy atom. The largest absolute Gasteiger partial charge is 0.446 e. The quantitative estimate of drug-likeness (QED) is 0.539. The number of H-pyrrole nitrogens is 1. The van der Waals surface area contributed by atoms with E-state index in [4.69, 9.17) is 0 Å². The van der Waals surface area contributed by atoms with Crippen molar-refractivity contribution in [2.45, 2.75) is 36.8 Å². The van der Waals surface area contributed by atoms with Crippen LogP contribution in [-0.4, -0.2) is 32.4 Å². The van der Waals surface area contributed by atoms with E-state index in [-0.39, 0.29) is 28.7 Å². The highest BCUT2D eigenvalue weighted by Gasteiger charge is 2.29. The fourth-order valence-corrected chi connectivity index (χ4v) is 3.29. The molecule has 0 bridgehead atoms. The number of carbonyl (C=O) groups excluding carboxylic acids is 1. The van der Waals surface area contributed by atoms with E-state index in [1.54, 1.807) is 11.1 Å². The maximum Gasteiger partial charge on any atom is 0.446 e. The smallest absolute Gasteiger partial charge is 0.346 e. The molecule has 28 heavy (non-hydrogen) atoms. The van der Waals surface area contributed by atoms with Gasteiger partial charge in [-0.05, 0) is 67.6 Å². The fourth-order valence-electron chi connectivity index (χ4n) is 2.75. The molecule has 3 rings (SSSR count). The lowest BCUT2D eigenvalue weighted by atomic mass is 10.2. The topological polar surface area (TPSA) is 61.0 Å². The zero-order chi connectivity index (χ0) is 20.3. The molecule has 148 valence electrons. The van der Waals surface area contributed by atoms with Gasteiger partial charge in [0.1, 0.15) is 5.65 Å². The van der Waals surface area contributed by atoms with Crippen LogP contribution in [0.1, 0.15) is 19.4 Å². The van der Waals surface area contributed by atoms with Gasteiger partial charge in [0.15, 0.2) is 0 Å². The molecule has 2 amide bonds. The maximum absolute atomic E-state index is 12.7. The number of benzene rings is 1. The molecular weight excluding hydrogens is 389 g/mol. The van der Waals surface area contributed by atoms with Gasteiger partial charge in [0.05, 0.1) is 0 Å². The van der Waals surface area contributed by atoms with Crippen LogP contribution < -0.4 is 5.32 Å². The third-order valence-corrected chi connectivity index (χ3v) is 4.84. The third-order valence-electron chi connectivity index (χ3n) is 4.10. The highest BCUT2D eigenvalue weighted by atomic mass is 32.2. The molecule has 0 aliphatic carbocycles. The summed E-state index contributed by atoms with van der Waals surface area (Å²) in [5.41, 5.74) is -2.22. The van der Waals surface area contributed by atoms with E-state index in [0.29, 0.717) is 12.2 Å². The van der Waals surface area contributed by atoms with Crippen LogP contribution in [0, 0.1) is 0 Å². The Hall–Kier alpha value is -2.68. The van der Waals surface area contributed by atoms with Gasteiger partial charge in [0.2, 0.25) is 0 Å². The summed E-state index contributed by atoms with van der Waals surface area (Å²) in [5.74, 6) is 0. The first-order valence-corrected chi connectivity index (χ1v) is 9.39. The molecule has 0 fully saturated rings. The van der Waals surface area contributed by atoms with Crippen LogP contribution >= 0.6 is 11.8 Å². The minimum absolute atomic E-state index is 0.0671. The number of carbonyl (C=O) groups is 1. The summed E-state index contributed by atoms with van der Waals surface area (Å²) in [7, 11) is 0. The summed E-state index contributed by atoms with van der Waals surface area (Å²) in [6.07, 6.45) is 3.51. The van der Waals surface area contributed by atoms with E-state index in [1.807, 2.05) is 32.2 Å². The zero-order valence-corrected chi connectivity index (χ0v) is 16.1. The molecule has 5 nitrogen and oxygen atoms in total. The number of halogens is 3. The Morgan fingerprint density at radius 2 is 1.96 bits per heavy atom. The Bertz CT molecular complexity index is 954. The molecule has 0 spiro atoms. The normalized spacial score (nSPS) is 11.8. The molecule has 0 saturated carbocycles. The van der Waals surface area contributed by atoms with Crippen molar-refractivity contribution in [3.63, 3.8) is 0 Å². The number of urea groups is 1. The van der Waals surface area contributed by atoms with Crippen LogP contribution in [0.5, 0.6) is 0 Å². The summed E-state index contributed by atoms with van der Waals surface area (Å²) in [5, 5.41) is 3.68. The first-order valence-electron chi connectivity index (χ1n) is 8.57. The average molecular weight is 408 g/mol. The van der Waals surface area contributed by atoms with Gasteiger partial charge in [-0.1, -0.05) is 0 Å². The molecule has 9 heteroatoms. The van der Waals surface area contributed by atoms with Gasteiger partial charge in [-0.15, -0.1) is 0 Å². The van der Waals surface area contributed by atoms with Gasteiger partial charge < -0.3 is 15.2 Å². The average Bonchev–Trinajstić information content (AvgIpc) is 3.03. The summed E-state index contributed by atoms with van der Waals surface area (Å²) in [6, 6.07) is 8.94. The number of hydrogen-bond acceptors (Lipinski definition) is 3. The molecular formula is C19H19F3N4OS. The summed E-state index contributed by atoms with van der Waals surface area (Å²) < 4.78 is 37.3. The second kappa shape index (κ2) is 8.14. The highest BCUT2D eigenvalue weighted by molar-refractivity contribution is 8.00. The van der Waals surface area contributed by atoms with Crippen LogP contribution in [0.2, 0.25) is 0 Å². The lowest BCUT2D eigenvalue weighted by Gasteiger charge is -2.27. The van der Waals surface area contributed by atoms with Crippen LogP contribution in [0.15, 0.2) is 53.7 Å². The van der Waals surface area contributed by atoms with E-state index < -0.39 is 5.51 Å². The molecule has 3 aromatic rings. The minimum atomic E-state index is -4.34. The predicted molar refractivity (Wildman–Crippen MR) is 104 cm³/mol. The number of thioether (sulfide) groups is 1. The SMILES string of the molecule is CC(C)N(Cc1c[nH]c2ncccc12)C(=O)Nc1ccc(SC(F)(F)F)cc1. The monoisotopic (exact) mass is 408 g/mol. The zero-order valence-electron chi connectivity index (χ0n) is 15.2. The Kier molecular flexibility index (Phi) is 5.83. The summed E-state index contributed by atoms with van der Waals surface area (Å²) >= 11 is -0.189. The fraction of sp³-hybridized carbons (Fsp3) is 0.263. The van der Waals surface area contributed by atoms with Crippen LogP contribution in [0.4, 0.5) is 23.7 Å². The summed E-state index contributed by atoms with van der Waals surface area (Å²) in [4.78, 5) is 21.8. The van der Waals surface area contributed by atoms with E-state index in [0.717, 1.165) is 16.6 Å². The summed E-state index contributed by atoms with van der Waals surface area (Å²) in [6.45, 7) is 4.17. The molecule has 0 saturated heterocycles. The van der Waals surface area contributed by atoms with E-state index in [9.17, 15) is 18.0 Å². The van der Waals surface area contributed by atoms with Crippen LogP contribution in [0.3, 0.4) is 0 Å². The number of amides is 2. The molecule has 0 radical (unpaired) electrons. The van der Waals surface area contributed by atoms with Gasteiger partial charge in [-0.25, -0.2) is 9.78 Å². The van der Waals surface area contributed by atoms with Crippen molar-refractivity contribution in [3.8, 4) is 0 Å². The number of nitrogens with one attached hydrogen (secondary N) is 2. The number of alkyl halides is 3. The number of rotatable bonds is 5. The number of nitrogens with zero attached hydrogens (tertiary/aromatic N) is 2. The van der Waals surface area contributed by atoms with Crippen molar-refractivity contribution in [3.05, 3.63) is 54.4 Å². The molecule has 0 atom stereocenters. The number of hydrogen-bond donors (Lipinski definition) is 2. The number of anilines is 1. The Balaban J connectivity index is 1.71. The van der Waals surface area contributed by atoms with Gasteiger partial charge in [0, 0.05) is 40.9 Å². The number of fused-ring (bicyclic) bond motifs is 1. The highest BCUT2D eigenvalue weighted by Crippen LogP contribution is 2.37. The minimum Gasteiger partial charge on any atom is -0.346 e. The molecule has 0 aliphatic rings. The molecule has 1 aromatic carbocycles. The lowest BCUT2D eigenvalue weighted by molar-refractivity contribution is -0.0328. The third kappa shape index (κ3) is 4.98. The van der Waals surface area contributed by atoms with E-state index >= 15 is 0 Å². The number of aromatic amines is 1. The van der Waals surface area contributed by atoms with Crippen LogP contribution in [0.25, 0.3) is 11.0 Å². The second-order valence-corrected chi connectivity index (χ2v) is 7.58. The van der Waals surface area contributed by atoms with E-state index in [2.05, 4.69) is 15.3 Å². The maximum atomic E-state index is 12.7. The van der Waals surface area contributed by atoms with Crippen molar-refractivity contribution in [2.75, 3.05) is 5.32 Å². The molecule has 2 heterocycles.